The summed E-state index contributed by atoms with van der Waals surface area (Å²) in [6, 6.07) is 11.8. The van der Waals surface area contributed by atoms with Gasteiger partial charge in [0.25, 0.3) is 0 Å². The highest BCUT2D eigenvalue weighted by atomic mass is 19.1. The van der Waals surface area contributed by atoms with E-state index >= 15 is 0 Å². The van der Waals surface area contributed by atoms with Crippen molar-refractivity contribution in [3.63, 3.8) is 0 Å². The van der Waals surface area contributed by atoms with Crippen LogP contribution in [0.25, 0.3) is 22.4 Å². The van der Waals surface area contributed by atoms with Crippen LogP contribution in [-0.4, -0.2) is 35.1 Å². The van der Waals surface area contributed by atoms with Gasteiger partial charge in [-0.3, -0.25) is 9.20 Å². The second-order valence-corrected chi connectivity index (χ2v) is 8.67. The van der Waals surface area contributed by atoms with Crippen LogP contribution in [0.4, 0.5) is 10.1 Å². The zero-order chi connectivity index (χ0) is 24.1. The van der Waals surface area contributed by atoms with Crippen molar-refractivity contribution < 1.29 is 9.18 Å². The summed E-state index contributed by atoms with van der Waals surface area (Å²) in [5.74, 6) is -0.151. The third-order valence-electron chi connectivity index (χ3n) is 6.27. The Kier molecular flexibility index (Phi) is 4.77. The van der Waals surface area contributed by atoms with Gasteiger partial charge in [-0.05, 0) is 61.2 Å². The number of carbonyl (C=O) groups is 1. The summed E-state index contributed by atoms with van der Waals surface area (Å²) in [4.78, 5) is 16.8. The second-order valence-electron chi connectivity index (χ2n) is 8.67. The predicted octanol–water partition coefficient (Wildman–Crippen LogP) is 3.95. The molecule has 5 aromatic rings. The highest BCUT2D eigenvalue weighted by Gasteiger charge is 2.30. The highest BCUT2D eigenvalue weighted by molar-refractivity contribution is 5.97. The van der Waals surface area contributed by atoms with Crippen molar-refractivity contribution >= 4 is 22.9 Å². The number of pyridine rings is 1. The molecule has 1 fully saturated rings. The number of fused-ring (bicyclic) bond motifs is 2. The number of rotatable bonds is 5. The van der Waals surface area contributed by atoms with Gasteiger partial charge in [-0.2, -0.15) is 10.4 Å². The van der Waals surface area contributed by atoms with Gasteiger partial charge < -0.3 is 5.32 Å². The Balaban J connectivity index is 1.40. The summed E-state index contributed by atoms with van der Waals surface area (Å²) in [6.07, 6.45) is 7.02. The summed E-state index contributed by atoms with van der Waals surface area (Å²) in [6.45, 7) is 1.96. The molecule has 6 rings (SSSR count). The predicted molar refractivity (Wildman–Crippen MR) is 125 cm³/mol. The van der Waals surface area contributed by atoms with Crippen molar-refractivity contribution in [1.29, 1.82) is 5.26 Å². The van der Waals surface area contributed by atoms with E-state index in [4.69, 9.17) is 5.26 Å². The average molecular weight is 466 g/mol. The van der Waals surface area contributed by atoms with Crippen molar-refractivity contribution in [1.82, 2.24) is 29.2 Å². The molecule has 1 atom stereocenters. The molecular formula is C25H19FN8O. The molecule has 0 bridgehead atoms. The van der Waals surface area contributed by atoms with E-state index in [2.05, 4.69) is 25.6 Å². The highest BCUT2D eigenvalue weighted by Crippen LogP contribution is 2.32. The zero-order valence-electron chi connectivity index (χ0n) is 18.7. The summed E-state index contributed by atoms with van der Waals surface area (Å²) in [5, 5.41) is 25.3. The molecule has 0 aliphatic heterocycles. The van der Waals surface area contributed by atoms with E-state index < -0.39 is 5.82 Å². The number of nitrogens with one attached hydrogen (secondary N) is 1. The molecular weight excluding hydrogens is 447 g/mol. The van der Waals surface area contributed by atoms with Gasteiger partial charge in [0, 0.05) is 24.5 Å². The molecule has 0 saturated heterocycles. The second kappa shape index (κ2) is 7.99. The molecule has 9 nitrogen and oxygen atoms in total. The molecule has 4 aromatic heterocycles. The normalized spacial score (nSPS) is 14.2. The molecule has 1 N–H and O–H groups in total. The largest absolute Gasteiger partial charge is 0.323 e. The Labute approximate surface area is 198 Å². The van der Waals surface area contributed by atoms with Crippen molar-refractivity contribution in [2.75, 3.05) is 5.32 Å². The number of halogens is 1. The Bertz CT molecular complexity index is 1660. The number of amides is 1. The number of carbonyl (C=O) groups excluding carboxylic acids is 1. The van der Waals surface area contributed by atoms with E-state index in [0.29, 0.717) is 34.1 Å². The average Bonchev–Trinajstić information content (AvgIpc) is 3.46. The van der Waals surface area contributed by atoms with Gasteiger partial charge in [-0.15, -0.1) is 10.2 Å². The maximum atomic E-state index is 14.2. The summed E-state index contributed by atoms with van der Waals surface area (Å²) in [5.41, 5.74) is 3.89. The number of nitrogens with zero attached hydrogens (tertiary/aromatic N) is 7. The van der Waals surface area contributed by atoms with Gasteiger partial charge >= 0.3 is 0 Å². The first-order valence-corrected chi connectivity index (χ1v) is 11.2. The number of nitriles is 1. The minimum absolute atomic E-state index is 0.000939. The van der Waals surface area contributed by atoms with Crippen LogP contribution in [0.5, 0.6) is 0 Å². The van der Waals surface area contributed by atoms with E-state index in [0.717, 1.165) is 18.4 Å². The molecule has 0 radical (unpaired) electrons. The van der Waals surface area contributed by atoms with E-state index in [9.17, 15) is 9.18 Å². The minimum atomic E-state index is -0.568. The summed E-state index contributed by atoms with van der Waals surface area (Å²) < 4.78 is 17.7. The fourth-order valence-corrected chi connectivity index (χ4v) is 4.11. The van der Waals surface area contributed by atoms with Crippen LogP contribution in [0.2, 0.25) is 0 Å². The van der Waals surface area contributed by atoms with Crippen molar-refractivity contribution in [3.05, 3.63) is 77.9 Å². The monoisotopic (exact) mass is 466 g/mol. The first-order valence-electron chi connectivity index (χ1n) is 11.2. The van der Waals surface area contributed by atoms with Gasteiger partial charge in [0.15, 0.2) is 11.3 Å². The molecule has 1 unspecified atom stereocenters. The van der Waals surface area contributed by atoms with Gasteiger partial charge in [0.05, 0.1) is 22.9 Å². The number of anilines is 1. The molecule has 1 aliphatic rings. The van der Waals surface area contributed by atoms with Crippen LogP contribution in [0.1, 0.15) is 42.8 Å². The first-order chi connectivity index (χ1) is 17.0. The Morgan fingerprint density at radius 2 is 2.03 bits per heavy atom. The maximum absolute atomic E-state index is 14.2. The lowest BCUT2D eigenvalue weighted by Gasteiger charge is -2.13. The quantitative estimate of drug-likeness (QED) is 0.420. The molecule has 0 spiro atoms. The Hall–Kier alpha value is -4.65. The van der Waals surface area contributed by atoms with Crippen LogP contribution in [-0.2, 0) is 4.79 Å². The fraction of sp³-hybridized carbons (Fsp3) is 0.200. The first kappa shape index (κ1) is 20.9. The topological polar surface area (TPSA) is 113 Å². The van der Waals surface area contributed by atoms with Crippen LogP contribution < -0.4 is 5.32 Å². The third-order valence-corrected chi connectivity index (χ3v) is 6.27. The van der Waals surface area contributed by atoms with Crippen LogP contribution in [0, 0.1) is 23.1 Å². The summed E-state index contributed by atoms with van der Waals surface area (Å²) >= 11 is 0. The number of aromatic nitrogens is 6. The zero-order valence-corrected chi connectivity index (χ0v) is 18.7. The van der Waals surface area contributed by atoms with Crippen molar-refractivity contribution in [3.8, 4) is 17.2 Å². The van der Waals surface area contributed by atoms with Gasteiger partial charge in [-0.1, -0.05) is 6.07 Å². The lowest BCUT2D eigenvalue weighted by atomic mass is 10.0. The fourth-order valence-electron chi connectivity index (χ4n) is 4.11. The number of imidazole rings is 1. The molecule has 4 heterocycles. The van der Waals surface area contributed by atoms with Gasteiger partial charge in [0.1, 0.15) is 17.7 Å². The number of hydrogen-bond donors (Lipinski definition) is 1. The molecule has 1 aromatic carbocycles. The standard InChI is InChI=1S/C25H19FN8O/c1-14(20-11-21(29-25(35)15-2-3-15)24-28-8-9-34(24)32-20)23-31-30-22-7-6-18(13-33(22)23)16-4-5-17(12-27)19(26)10-16/h4-11,13-15H,2-3H2,1H3,(H,29,35). The van der Waals surface area contributed by atoms with Crippen LogP contribution in [0.15, 0.2) is 55.0 Å². The van der Waals surface area contributed by atoms with Crippen molar-refractivity contribution in [2.24, 2.45) is 5.92 Å². The molecule has 1 amide bonds. The SMILES string of the molecule is CC(c1cc(NC(=O)C2CC2)c2nccn2n1)c1nnc2ccc(-c3ccc(C#N)c(F)c3)cn12. The molecule has 1 aliphatic carbocycles. The number of hydrogen-bond acceptors (Lipinski definition) is 6. The van der Waals surface area contributed by atoms with E-state index in [-0.39, 0.29) is 23.3 Å². The Morgan fingerprint density at radius 3 is 2.80 bits per heavy atom. The lowest BCUT2D eigenvalue weighted by Crippen LogP contribution is -2.16. The van der Waals surface area contributed by atoms with Gasteiger partial charge in [-0.25, -0.2) is 13.9 Å². The molecule has 172 valence electrons. The number of benzene rings is 1. The van der Waals surface area contributed by atoms with Crippen LogP contribution in [0.3, 0.4) is 0 Å². The van der Waals surface area contributed by atoms with Crippen molar-refractivity contribution in [2.45, 2.75) is 25.7 Å². The third kappa shape index (κ3) is 3.67. The van der Waals surface area contributed by atoms with E-state index in [1.165, 1.54) is 12.1 Å². The maximum Gasteiger partial charge on any atom is 0.227 e. The van der Waals surface area contributed by atoms with Crippen LogP contribution >= 0.6 is 0 Å². The molecule has 10 heteroatoms. The lowest BCUT2D eigenvalue weighted by molar-refractivity contribution is -0.117. The van der Waals surface area contributed by atoms with E-state index in [1.54, 1.807) is 23.0 Å². The summed E-state index contributed by atoms with van der Waals surface area (Å²) in [7, 11) is 0. The smallest absolute Gasteiger partial charge is 0.227 e. The van der Waals surface area contributed by atoms with E-state index in [1.807, 2.05) is 41.8 Å². The minimum Gasteiger partial charge on any atom is -0.323 e. The Morgan fingerprint density at radius 1 is 1.20 bits per heavy atom. The van der Waals surface area contributed by atoms with Gasteiger partial charge in [0.2, 0.25) is 5.91 Å². The molecule has 35 heavy (non-hydrogen) atoms. The molecule has 1 saturated carbocycles.